The van der Waals surface area contributed by atoms with Crippen molar-refractivity contribution in [3.05, 3.63) is 41.8 Å². The van der Waals surface area contributed by atoms with Gasteiger partial charge in [-0.25, -0.2) is 23.7 Å². The lowest BCUT2D eigenvalue weighted by molar-refractivity contribution is 0.0196. The topological polar surface area (TPSA) is 91.5 Å². The van der Waals surface area contributed by atoms with Crippen LogP contribution in [0.2, 0.25) is 0 Å². The van der Waals surface area contributed by atoms with Crippen molar-refractivity contribution in [3.63, 3.8) is 0 Å². The number of nitrogens with one attached hydrogen (secondary N) is 1. The van der Waals surface area contributed by atoms with Gasteiger partial charge in [0.1, 0.15) is 35.0 Å². The fraction of sp³-hybridized carbons (Fsp3) is 0.462. The van der Waals surface area contributed by atoms with E-state index in [0.29, 0.717) is 71.9 Å². The first kappa shape index (κ1) is 25.5. The number of rotatable bonds is 4. The first-order valence-corrected chi connectivity index (χ1v) is 12.5. The van der Waals surface area contributed by atoms with E-state index in [1.807, 2.05) is 30.9 Å². The lowest BCUT2D eigenvalue weighted by Crippen LogP contribution is -2.36. The van der Waals surface area contributed by atoms with Crippen LogP contribution in [0.25, 0.3) is 28.1 Å². The molecule has 2 aliphatic rings. The Hall–Kier alpha value is -3.11. The summed E-state index contributed by atoms with van der Waals surface area (Å²) in [5.41, 5.74) is 2.87. The quantitative estimate of drug-likeness (QED) is 0.390. The molecule has 196 valence electrons. The second kappa shape index (κ2) is 9.64. The Balaban J connectivity index is 0.00000280. The van der Waals surface area contributed by atoms with Crippen LogP contribution in [0.5, 0.6) is 0 Å². The average molecular weight is 530 g/mol. The Morgan fingerprint density at radius 1 is 1.05 bits per heavy atom. The zero-order chi connectivity index (χ0) is 25.0. The average Bonchev–Trinajstić information content (AvgIpc) is 3.46. The van der Waals surface area contributed by atoms with Gasteiger partial charge >= 0.3 is 0 Å². The Morgan fingerprint density at radius 3 is 2.57 bits per heavy atom. The molecule has 4 heterocycles. The first-order chi connectivity index (χ1) is 17.2. The normalized spacial score (nSPS) is 24.0. The summed E-state index contributed by atoms with van der Waals surface area (Å²) < 4.78 is 29.5. The van der Waals surface area contributed by atoms with Gasteiger partial charge in [0.15, 0.2) is 5.65 Å². The van der Waals surface area contributed by atoms with Crippen LogP contribution < -0.4 is 10.2 Å². The third-order valence-electron chi connectivity index (χ3n) is 7.33. The highest BCUT2D eigenvalue weighted by Gasteiger charge is 2.30. The highest BCUT2D eigenvalue weighted by Crippen LogP contribution is 2.32. The summed E-state index contributed by atoms with van der Waals surface area (Å²) in [5, 5.41) is 18.8. The predicted octanol–water partition coefficient (Wildman–Crippen LogP) is 4.86. The van der Waals surface area contributed by atoms with Crippen LogP contribution in [0.15, 0.2) is 30.3 Å². The number of fused-ring (bicyclic) bond motifs is 2. The van der Waals surface area contributed by atoms with Gasteiger partial charge in [-0.1, -0.05) is 0 Å². The van der Waals surface area contributed by atoms with E-state index in [9.17, 15) is 13.9 Å². The smallest absolute Gasteiger partial charge is 0.160 e. The van der Waals surface area contributed by atoms with Crippen molar-refractivity contribution in [1.29, 1.82) is 0 Å². The summed E-state index contributed by atoms with van der Waals surface area (Å²) in [6.07, 6.45) is 2.72. The molecule has 0 unspecified atom stereocenters. The van der Waals surface area contributed by atoms with Crippen LogP contribution in [0.3, 0.4) is 0 Å². The molecule has 1 saturated carbocycles. The molecule has 1 aliphatic heterocycles. The molecule has 1 atom stereocenters. The van der Waals surface area contributed by atoms with Crippen LogP contribution in [-0.2, 0) is 0 Å². The van der Waals surface area contributed by atoms with E-state index in [-0.39, 0.29) is 24.3 Å². The first-order valence-electron chi connectivity index (χ1n) is 12.5. The molecule has 1 aromatic carbocycles. The van der Waals surface area contributed by atoms with Crippen LogP contribution in [0.1, 0.15) is 44.7 Å². The number of aliphatic hydroxyl groups is 1. The summed E-state index contributed by atoms with van der Waals surface area (Å²) in [6, 6.07) is 8.28. The number of nitrogens with zero attached hydrogens (tertiary/aromatic N) is 6. The van der Waals surface area contributed by atoms with E-state index >= 15 is 0 Å². The second-order valence-corrected chi connectivity index (χ2v) is 10.3. The summed E-state index contributed by atoms with van der Waals surface area (Å²) in [6.45, 7) is 4.66. The molecule has 0 spiro atoms. The second-order valence-electron chi connectivity index (χ2n) is 10.3. The monoisotopic (exact) mass is 529 g/mol. The summed E-state index contributed by atoms with van der Waals surface area (Å²) >= 11 is 0. The third-order valence-corrected chi connectivity index (χ3v) is 7.33. The maximum Gasteiger partial charge on any atom is 0.160 e. The number of benzene rings is 1. The van der Waals surface area contributed by atoms with Crippen LogP contribution in [-0.4, -0.2) is 60.6 Å². The highest BCUT2D eigenvalue weighted by atomic mass is 35.5. The fourth-order valence-corrected chi connectivity index (χ4v) is 5.22. The van der Waals surface area contributed by atoms with E-state index in [4.69, 9.17) is 10.1 Å². The lowest BCUT2D eigenvalue weighted by atomic mass is 9.84. The lowest BCUT2D eigenvalue weighted by Gasteiger charge is -2.34. The number of hydrogen-bond donors (Lipinski definition) is 2. The molecule has 0 amide bonds. The van der Waals surface area contributed by atoms with Gasteiger partial charge in [0.25, 0.3) is 0 Å². The van der Waals surface area contributed by atoms with Gasteiger partial charge in [-0.05, 0) is 58.1 Å². The Morgan fingerprint density at radius 2 is 1.84 bits per heavy atom. The Bertz CT molecular complexity index is 1450. The predicted molar refractivity (Wildman–Crippen MR) is 142 cm³/mol. The maximum atomic E-state index is 14.0. The molecule has 1 saturated heterocycles. The van der Waals surface area contributed by atoms with Gasteiger partial charge in [-0.3, -0.25) is 0 Å². The van der Waals surface area contributed by atoms with E-state index in [0.717, 1.165) is 18.7 Å². The molecule has 1 aliphatic carbocycles. The van der Waals surface area contributed by atoms with Crippen molar-refractivity contribution in [1.82, 2.24) is 24.6 Å². The molecular weight excluding hydrogens is 500 g/mol. The Kier molecular flexibility index (Phi) is 6.66. The molecular formula is C26H30ClF2N7O. The zero-order valence-electron chi connectivity index (χ0n) is 20.8. The number of halogens is 3. The van der Waals surface area contributed by atoms with Crippen LogP contribution >= 0.6 is 12.4 Å². The minimum absolute atomic E-state index is 0. The Labute approximate surface area is 219 Å². The summed E-state index contributed by atoms with van der Waals surface area (Å²) in [5.74, 6) is 1.08. The fourth-order valence-electron chi connectivity index (χ4n) is 5.22. The third kappa shape index (κ3) is 5.04. The molecule has 3 aromatic heterocycles. The number of anilines is 2. The van der Waals surface area contributed by atoms with E-state index < -0.39 is 11.8 Å². The van der Waals surface area contributed by atoms with Crippen molar-refractivity contribution in [2.45, 2.75) is 63.8 Å². The van der Waals surface area contributed by atoms with Crippen molar-refractivity contribution in [3.8, 4) is 11.4 Å². The molecule has 0 bridgehead atoms. The number of hydrogen-bond acceptors (Lipinski definition) is 7. The van der Waals surface area contributed by atoms with Gasteiger partial charge in [-0.15, -0.1) is 12.4 Å². The summed E-state index contributed by atoms with van der Waals surface area (Å²) in [7, 11) is 0. The van der Waals surface area contributed by atoms with E-state index in [1.54, 1.807) is 10.6 Å². The van der Waals surface area contributed by atoms with Crippen molar-refractivity contribution in [2.24, 2.45) is 0 Å². The van der Waals surface area contributed by atoms with Crippen molar-refractivity contribution in [2.75, 3.05) is 23.3 Å². The molecule has 2 fully saturated rings. The largest absolute Gasteiger partial charge is 0.390 e. The molecule has 0 radical (unpaired) electrons. The summed E-state index contributed by atoms with van der Waals surface area (Å²) in [4.78, 5) is 16.0. The number of alkyl halides is 1. The minimum Gasteiger partial charge on any atom is -0.390 e. The van der Waals surface area contributed by atoms with Gasteiger partial charge < -0.3 is 15.3 Å². The van der Waals surface area contributed by atoms with Crippen molar-refractivity contribution >= 4 is 40.7 Å². The van der Waals surface area contributed by atoms with Gasteiger partial charge in [0.05, 0.1) is 28.9 Å². The standard InChI is InChI=1S/C26H29F2N7O.ClH/c1-15-25(31-20-11-16(27)3-4-19(20)29-15)21-12-23-32-22(34-10-7-17(28)14-34)13-24(35(23)33-21)30-18-5-8-26(2,36)9-6-18;/h3-4,11-13,17-18,30,36H,5-10,14H2,1-2H3;1H/t17-,18?,26?;/m1./s1. The molecule has 6 rings (SSSR count). The minimum atomic E-state index is -0.864. The van der Waals surface area contributed by atoms with E-state index in [1.165, 1.54) is 12.1 Å². The SMILES string of the molecule is Cc1nc2ccc(F)cc2nc1-c1cc2nc(N3CC[C@@H](F)C3)cc(NC3CCC(C)(O)CC3)n2n1.Cl. The molecule has 11 heteroatoms. The van der Waals surface area contributed by atoms with Crippen molar-refractivity contribution < 1.29 is 13.9 Å². The van der Waals surface area contributed by atoms with Crippen LogP contribution in [0.4, 0.5) is 20.4 Å². The van der Waals surface area contributed by atoms with Gasteiger partial charge in [0, 0.05) is 30.8 Å². The van der Waals surface area contributed by atoms with Crippen LogP contribution in [0, 0.1) is 12.7 Å². The van der Waals surface area contributed by atoms with Gasteiger partial charge in [0.2, 0.25) is 0 Å². The molecule has 37 heavy (non-hydrogen) atoms. The number of aryl methyl sites for hydroxylation is 1. The molecule has 2 N–H and O–H groups in total. The molecule has 8 nitrogen and oxygen atoms in total. The maximum absolute atomic E-state index is 14.0. The highest BCUT2D eigenvalue weighted by molar-refractivity contribution is 5.85. The van der Waals surface area contributed by atoms with Gasteiger partial charge in [-0.2, -0.15) is 9.61 Å². The zero-order valence-corrected chi connectivity index (χ0v) is 21.6. The number of aromatic nitrogens is 5. The molecule has 4 aromatic rings. The van der Waals surface area contributed by atoms with E-state index in [2.05, 4.69) is 15.3 Å².